The molecule has 4 nitrogen and oxygen atoms in total. The van der Waals surface area contributed by atoms with Crippen molar-refractivity contribution in [2.45, 2.75) is 4.90 Å². The number of nitrogen functional groups attached to an aromatic ring is 1. The van der Waals surface area contributed by atoms with E-state index in [0.717, 1.165) is 4.90 Å². The van der Waals surface area contributed by atoms with Crippen LogP contribution in [0.4, 0.5) is 5.82 Å². The molecule has 0 aliphatic rings. The van der Waals surface area contributed by atoms with Gasteiger partial charge in [-0.25, -0.2) is 4.98 Å². The summed E-state index contributed by atoms with van der Waals surface area (Å²) in [7, 11) is 0. The Kier molecular flexibility index (Phi) is 4.51. The number of pyridine rings is 1. The molecular weight excluding hydrogens is 210 g/mol. The molecule has 0 radical (unpaired) electrons. The lowest BCUT2D eigenvalue weighted by molar-refractivity contribution is -0.118. The van der Waals surface area contributed by atoms with Gasteiger partial charge in [0, 0.05) is 11.1 Å². The summed E-state index contributed by atoms with van der Waals surface area (Å²) >= 11 is 1.39. The van der Waals surface area contributed by atoms with Crippen LogP contribution in [-0.2, 0) is 4.79 Å². The summed E-state index contributed by atoms with van der Waals surface area (Å²) in [5.41, 5.74) is 5.43. The lowest BCUT2D eigenvalue weighted by atomic mass is 10.5. The highest BCUT2D eigenvalue weighted by atomic mass is 32.2. The topological polar surface area (TPSA) is 68.0 Å². The molecule has 0 atom stereocenters. The molecule has 1 aromatic rings. The third-order valence-corrected chi connectivity index (χ3v) is 2.50. The van der Waals surface area contributed by atoms with E-state index in [-0.39, 0.29) is 12.5 Å². The molecule has 3 N–H and O–H groups in total. The van der Waals surface area contributed by atoms with E-state index in [0.29, 0.717) is 11.6 Å². The Labute approximate surface area is 92.6 Å². The lowest BCUT2D eigenvalue weighted by Gasteiger charge is -2.01. The van der Waals surface area contributed by atoms with Gasteiger partial charge in [0.25, 0.3) is 0 Å². The molecule has 0 unspecified atom stereocenters. The highest BCUT2D eigenvalue weighted by Crippen LogP contribution is 2.16. The molecule has 0 aliphatic heterocycles. The molecule has 0 fully saturated rings. The van der Waals surface area contributed by atoms with Crippen molar-refractivity contribution in [3.63, 3.8) is 0 Å². The fourth-order valence-corrected chi connectivity index (χ4v) is 1.52. The third-order valence-electron chi connectivity index (χ3n) is 1.52. The number of thioether (sulfide) groups is 1. The van der Waals surface area contributed by atoms with Crippen molar-refractivity contribution < 1.29 is 4.79 Å². The summed E-state index contributed by atoms with van der Waals surface area (Å²) in [5.74, 6) is 3.04. The third kappa shape index (κ3) is 4.38. The number of hydrogen-bond donors (Lipinski definition) is 2. The van der Waals surface area contributed by atoms with Crippen molar-refractivity contribution in [1.82, 2.24) is 10.3 Å². The molecule has 1 aromatic heterocycles. The average Bonchev–Trinajstić information content (AvgIpc) is 2.25. The van der Waals surface area contributed by atoms with Crippen LogP contribution in [0.15, 0.2) is 23.2 Å². The average molecular weight is 221 g/mol. The first-order chi connectivity index (χ1) is 7.22. The Morgan fingerprint density at radius 1 is 1.67 bits per heavy atom. The zero-order chi connectivity index (χ0) is 11.1. The number of rotatable bonds is 4. The zero-order valence-electron chi connectivity index (χ0n) is 8.06. The van der Waals surface area contributed by atoms with Crippen LogP contribution >= 0.6 is 11.8 Å². The number of anilines is 1. The predicted molar refractivity (Wildman–Crippen MR) is 61.2 cm³/mol. The van der Waals surface area contributed by atoms with Gasteiger partial charge in [-0.1, -0.05) is 5.92 Å². The Bertz CT molecular complexity index is 369. The van der Waals surface area contributed by atoms with E-state index in [1.807, 2.05) is 6.07 Å². The molecule has 0 spiro atoms. The first-order valence-electron chi connectivity index (χ1n) is 4.27. The minimum Gasteiger partial charge on any atom is -0.384 e. The molecular formula is C10H11N3OS. The number of nitrogens with one attached hydrogen (secondary N) is 1. The van der Waals surface area contributed by atoms with Crippen LogP contribution < -0.4 is 11.1 Å². The van der Waals surface area contributed by atoms with Crippen molar-refractivity contribution in [2.75, 3.05) is 18.0 Å². The summed E-state index contributed by atoms with van der Waals surface area (Å²) in [4.78, 5) is 16.0. The second-order valence-electron chi connectivity index (χ2n) is 2.69. The van der Waals surface area contributed by atoms with Crippen LogP contribution in [0, 0.1) is 12.3 Å². The molecule has 0 aromatic carbocycles. The normalized spacial score (nSPS) is 9.27. The first kappa shape index (κ1) is 11.4. The van der Waals surface area contributed by atoms with Gasteiger partial charge in [0.05, 0.1) is 12.3 Å². The van der Waals surface area contributed by atoms with E-state index in [1.54, 1.807) is 12.3 Å². The first-order valence-corrected chi connectivity index (χ1v) is 5.25. The highest BCUT2D eigenvalue weighted by Gasteiger charge is 2.01. The summed E-state index contributed by atoms with van der Waals surface area (Å²) < 4.78 is 0. The van der Waals surface area contributed by atoms with Crippen molar-refractivity contribution in [2.24, 2.45) is 0 Å². The number of carbonyl (C=O) groups excluding carboxylic acids is 1. The quantitative estimate of drug-likeness (QED) is 0.574. The van der Waals surface area contributed by atoms with Gasteiger partial charge in [0.2, 0.25) is 5.91 Å². The van der Waals surface area contributed by atoms with Gasteiger partial charge in [-0.2, -0.15) is 0 Å². The van der Waals surface area contributed by atoms with Crippen molar-refractivity contribution in [1.29, 1.82) is 0 Å². The standard InChI is InChI=1S/C10H11N3OS/c1-2-5-12-10(14)7-15-8-3-4-9(11)13-6-8/h1,3-4,6H,5,7H2,(H2,11,13)(H,12,14). The van der Waals surface area contributed by atoms with Crippen LogP contribution in [0.3, 0.4) is 0 Å². The Hall–Kier alpha value is -1.67. The number of nitrogens with two attached hydrogens (primary N) is 1. The van der Waals surface area contributed by atoms with E-state index in [1.165, 1.54) is 11.8 Å². The molecule has 78 valence electrons. The summed E-state index contributed by atoms with van der Waals surface area (Å²) in [6.07, 6.45) is 6.64. The number of amides is 1. The SMILES string of the molecule is C#CCNC(=O)CSc1ccc(N)nc1. The Morgan fingerprint density at radius 2 is 2.47 bits per heavy atom. The minimum absolute atomic E-state index is 0.0882. The van der Waals surface area contributed by atoms with E-state index in [2.05, 4.69) is 16.2 Å². The molecule has 0 saturated heterocycles. The predicted octanol–water partition coefficient (Wildman–Crippen LogP) is 0.505. The van der Waals surface area contributed by atoms with Crippen LogP contribution in [-0.4, -0.2) is 23.2 Å². The van der Waals surface area contributed by atoms with Crippen molar-refractivity contribution >= 4 is 23.5 Å². The van der Waals surface area contributed by atoms with Gasteiger partial charge in [-0.15, -0.1) is 18.2 Å². The van der Waals surface area contributed by atoms with Crippen molar-refractivity contribution in [3.05, 3.63) is 18.3 Å². The van der Waals surface area contributed by atoms with Crippen LogP contribution in [0.5, 0.6) is 0 Å². The highest BCUT2D eigenvalue weighted by molar-refractivity contribution is 8.00. The summed E-state index contributed by atoms with van der Waals surface area (Å²) in [5, 5.41) is 2.57. The molecule has 5 heteroatoms. The maximum atomic E-state index is 11.2. The molecule has 0 bridgehead atoms. The van der Waals surface area contributed by atoms with Gasteiger partial charge in [0.15, 0.2) is 0 Å². The lowest BCUT2D eigenvalue weighted by Crippen LogP contribution is -2.25. The van der Waals surface area contributed by atoms with Crippen LogP contribution in [0.2, 0.25) is 0 Å². The van der Waals surface area contributed by atoms with Gasteiger partial charge in [-0.05, 0) is 12.1 Å². The van der Waals surface area contributed by atoms with E-state index < -0.39 is 0 Å². The fourth-order valence-electron chi connectivity index (χ4n) is 0.827. The summed E-state index contributed by atoms with van der Waals surface area (Å²) in [6.45, 7) is 0.263. The van der Waals surface area contributed by atoms with E-state index >= 15 is 0 Å². The van der Waals surface area contributed by atoms with E-state index in [9.17, 15) is 4.79 Å². The van der Waals surface area contributed by atoms with E-state index in [4.69, 9.17) is 12.2 Å². The van der Waals surface area contributed by atoms with Gasteiger partial charge < -0.3 is 11.1 Å². The van der Waals surface area contributed by atoms with Crippen LogP contribution in [0.25, 0.3) is 0 Å². The fraction of sp³-hybridized carbons (Fsp3) is 0.200. The Balaban J connectivity index is 2.34. The maximum absolute atomic E-state index is 11.2. The summed E-state index contributed by atoms with van der Waals surface area (Å²) in [6, 6.07) is 3.52. The molecule has 0 aliphatic carbocycles. The molecule has 1 heterocycles. The largest absolute Gasteiger partial charge is 0.384 e. The monoisotopic (exact) mass is 221 g/mol. The van der Waals surface area contributed by atoms with Gasteiger partial charge >= 0.3 is 0 Å². The number of aromatic nitrogens is 1. The van der Waals surface area contributed by atoms with Crippen LogP contribution in [0.1, 0.15) is 0 Å². The van der Waals surface area contributed by atoms with Gasteiger partial charge in [0.1, 0.15) is 5.82 Å². The maximum Gasteiger partial charge on any atom is 0.231 e. The zero-order valence-corrected chi connectivity index (χ0v) is 8.88. The molecule has 1 rings (SSSR count). The molecule has 15 heavy (non-hydrogen) atoms. The molecule has 0 saturated carbocycles. The number of carbonyl (C=O) groups is 1. The van der Waals surface area contributed by atoms with Crippen molar-refractivity contribution in [3.8, 4) is 12.3 Å². The minimum atomic E-state index is -0.0882. The molecule has 1 amide bonds. The number of nitrogens with zero attached hydrogens (tertiary/aromatic N) is 1. The second-order valence-corrected chi connectivity index (χ2v) is 3.74. The Morgan fingerprint density at radius 3 is 3.07 bits per heavy atom. The number of terminal acetylenes is 1. The number of hydrogen-bond acceptors (Lipinski definition) is 4. The second kappa shape index (κ2) is 5.94. The smallest absolute Gasteiger partial charge is 0.231 e. The van der Waals surface area contributed by atoms with Gasteiger partial charge in [-0.3, -0.25) is 4.79 Å².